The smallest absolute Gasteiger partial charge is 0.320 e. The Morgan fingerprint density at radius 2 is 1.82 bits per heavy atom. The van der Waals surface area contributed by atoms with Crippen LogP contribution in [0.2, 0.25) is 5.02 Å². The van der Waals surface area contributed by atoms with Gasteiger partial charge < -0.3 is 15.4 Å². The fraction of sp³-hybridized carbons (Fsp3) is 0.360. The molecular formula is C25H26ClN3O2S2. The number of nitrogens with one attached hydrogen (secondary N) is 3. The molecule has 0 radical (unpaired) electrons. The number of anilines is 1. The minimum Gasteiger partial charge on any atom is -0.334 e. The summed E-state index contributed by atoms with van der Waals surface area (Å²) in [6.45, 7) is 2.27. The van der Waals surface area contributed by atoms with E-state index >= 15 is 0 Å². The van der Waals surface area contributed by atoms with Gasteiger partial charge in [0.25, 0.3) is 0 Å². The molecule has 3 N–H and O–H groups in total. The van der Waals surface area contributed by atoms with E-state index in [9.17, 15) is 9.59 Å². The maximum Gasteiger partial charge on any atom is 0.320 e. The summed E-state index contributed by atoms with van der Waals surface area (Å²) >= 11 is 9.52. The lowest BCUT2D eigenvalue weighted by Crippen LogP contribution is -2.29. The van der Waals surface area contributed by atoms with Crippen LogP contribution in [-0.2, 0) is 43.6 Å². The molecule has 33 heavy (non-hydrogen) atoms. The maximum absolute atomic E-state index is 12.9. The number of fused-ring (bicyclic) bond motifs is 2. The molecule has 1 aliphatic carbocycles. The number of carbonyl (C=O) groups is 2. The molecule has 2 aromatic heterocycles. The molecule has 3 aromatic rings. The number of aryl methyl sites for hydroxylation is 1. The zero-order chi connectivity index (χ0) is 22.8. The number of carbonyl (C=O) groups excluding carboxylic acids is 2. The third-order valence-corrected chi connectivity index (χ3v) is 9.19. The van der Waals surface area contributed by atoms with Crippen LogP contribution in [0.15, 0.2) is 24.3 Å². The van der Waals surface area contributed by atoms with E-state index in [1.807, 2.05) is 24.3 Å². The topological polar surface area (TPSA) is 70.2 Å². The van der Waals surface area contributed by atoms with Crippen LogP contribution in [0.5, 0.6) is 0 Å². The molecule has 0 saturated heterocycles. The maximum atomic E-state index is 12.9. The van der Waals surface area contributed by atoms with Crippen molar-refractivity contribution in [1.82, 2.24) is 10.6 Å². The summed E-state index contributed by atoms with van der Waals surface area (Å²) in [6, 6.07) is 7.67. The van der Waals surface area contributed by atoms with Crippen LogP contribution in [-0.4, -0.2) is 18.9 Å². The Labute approximate surface area is 206 Å². The molecule has 0 saturated carbocycles. The summed E-state index contributed by atoms with van der Waals surface area (Å²) in [4.78, 5) is 28.0. The van der Waals surface area contributed by atoms with E-state index in [4.69, 9.17) is 11.6 Å². The monoisotopic (exact) mass is 499 g/mol. The van der Waals surface area contributed by atoms with Gasteiger partial charge in [-0.3, -0.25) is 5.32 Å². The molecule has 2 aliphatic rings. The van der Waals surface area contributed by atoms with Crippen molar-refractivity contribution in [3.63, 3.8) is 0 Å². The molecule has 2 amide bonds. The molecule has 0 unspecified atom stereocenters. The van der Waals surface area contributed by atoms with Crippen molar-refractivity contribution >= 4 is 51.6 Å². The summed E-state index contributed by atoms with van der Waals surface area (Å²) in [7, 11) is 0. The zero-order valence-electron chi connectivity index (χ0n) is 18.3. The average molecular weight is 500 g/mol. The molecule has 5 rings (SSSR count). The fourth-order valence-corrected chi connectivity index (χ4v) is 7.55. The van der Waals surface area contributed by atoms with E-state index in [2.05, 4.69) is 16.0 Å². The van der Waals surface area contributed by atoms with Crippen LogP contribution in [0.3, 0.4) is 0 Å². The molecule has 0 atom stereocenters. The van der Waals surface area contributed by atoms with E-state index in [0.717, 1.165) is 61.2 Å². The highest BCUT2D eigenvalue weighted by Gasteiger charge is 2.24. The van der Waals surface area contributed by atoms with E-state index in [1.165, 1.54) is 37.7 Å². The largest absolute Gasteiger partial charge is 0.334 e. The number of thiophene rings is 2. The van der Waals surface area contributed by atoms with Crippen molar-refractivity contribution < 1.29 is 9.59 Å². The number of amides is 2. The van der Waals surface area contributed by atoms with E-state index in [0.29, 0.717) is 18.0 Å². The first-order chi connectivity index (χ1) is 16.1. The summed E-state index contributed by atoms with van der Waals surface area (Å²) in [5.41, 5.74) is 5.93. The van der Waals surface area contributed by atoms with Gasteiger partial charge in [0.15, 0.2) is 0 Å². The number of rotatable bonds is 6. The first-order valence-electron chi connectivity index (χ1n) is 11.4. The van der Waals surface area contributed by atoms with Crippen LogP contribution in [0.1, 0.15) is 44.8 Å². The SMILES string of the molecule is O=CCc1c(NC(=O)NCc2c(-c3ccc(Cl)cc3)sc3c2CCNC3)sc2c1CCCC2. The molecule has 172 valence electrons. The second-order valence-electron chi connectivity index (χ2n) is 8.44. The zero-order valence-corrected chi connectivity index (χ0v) is 20.7. The van der Waals surface area contributed by atoms with Crippen molar-refractivity contribution in [2.75, 3.05) is 11.9 Å². The number of hydrogen-bond acceptors (Lipinski definition) is 5. The van der Waals surface area contributed by atoms with Crippen molar-refractivity contribution in [2.24, 2.45) is 0 Å². The number of benzene rings is 1. The molecule has 0 spiro atoms. The summed E-state index contributed by atoms with van der Waals surface area (Å²) in [5.74, 6) is 0. The van der Waals surface area contributed by atoms with Crippen LogP contribution in [0, 0.1) is 0 Å². The van der Waals surface area contributed by atoms with Gasteiger partial charge in [0.2, 0.25) is 0 Å². The van der Waals surface area contributed by atoms with E-state index in [1.54, 1.807) is 22.7 Å². The molecule has 3 heterocycles. The standard InChI is InChI=1S/C25H26ClN3O2S2/c26-16-7-5-15(6-8-16)23-20(18-9-11-27-14-22(18)32-23)13-28-25(31)29-24-19(10-12-30)17-3-1-2-4-21(17)33-24/h5-8,12,27H,1-4,9-11,13-14H2,(H2,28,29,31). The van der Waals surface area contributed by atoms with Gasteiger partial charge >= 0.3 is 6.03 Å². The van der Waals surface area contributed by atoms with Gasteiger partial charge in [0.05, 0.1) is 0 Å². The van der Waals surface area contributed by atoms with Gasteiger partial charge in [-0.05, 0) is 78.6 Å². The highest BCUT2D eigenvalue weighted by atomic mass is 35.5. The fourth-order valence-electron chi connectivity index (χ4n) is 4.77. The quantitative estimate of drug-likeness (QED) is 0.380. The highest BCUT2D eigenvalue weighted by Crippen LogP contribution is 2.40. The molecular weight excluding hydrogens is 474 g/mol. The number of aldehydes is 1. The Morgan fingerprint density at radius 1 is 1.03 bits per heavy atom. The number of halogens is 1. The van der Waals surface area contributed by atoms with Crippen molar-refractivity contribution in [1.29, 1.82) is 0 Å². The summed E-state index contributed by atoms with van der Waals surface area (Å²) in [5, 5.41) is 11.1. The predicted molar refractivity (Wildman–Crippen MR) is 137 cm³/mol. The van der Waals surface area contributed by atoms with Gasteiger partial charge in [-0.25, -0.2) is 4.79 Å². The van der Waals surface area contributed by atoms with Crippen LogP contribution in [0.4, 0.5) is 9.80 Å². The lowest BCUT2D eigenvalue weighted by molar-refractivity contribution is -0.107. The Morgan fingerprint density at radius 3 is 2.64 bits per heavy atom. The van der Waals surface area contributed by atoms with Crippen molar-refractivity contribution in [3.05, 3.63) is 61.3 Å². The lowest BCUT2D eigenvalue weighted by Gasteiger charge is -2.15. The molecule has 5 nitrogen and oxygen atoms in total. The Balaban J connectivity index is 1.36. The summed E-state index contributed by atoms with van der Waals surface area (Å²) < 4.78 is 0. The van der Waals surface area contributed by atoms with Crippen molar-refractivity contribution in [2.45, 2.75) is 51.6 Å². The van der Waals surface area contributed by atoms with E-state index < -0.39 is 0 Å². The van der Waals surface area contributed by atoms with E-state index in [-0.39, 0.29) is 6.03 Å². The molecule has 1 aliphatic heterocycles. The van der Waals surface area contributed by atoms with Gasteiger partial charge in [-0.2, -0.15) is 0 Å². The first kappa shape index (κ1) is 22.6. The molecule has 1 aromatic carbocycles. The summed E-state index contributed by atoms with van der Waals surface area (Å²) in [6.07, 6.45) is 6.60. The predicted octanol–water partition coefficient (Wildman–Crippen LogP) is 5.72. The number of hydrogen-bond donors (Lipinski definition) is 3. The second kappa shape index (κ2) is 9.97. The van der Waals surface area contributed by atoms with Crippen molar-refractivity contribution in [3.8, 4) is 10.4 Å². The Hall–Kier alpha value is -2.19. The van der Waals surface area contributed by atoms with Gasteiger partial charge in [-0.15, -0.1) is 22.7 Å². The van der Waals surface area contributed by atoms with Gasteiger partial charge in [-0.1, -0.05) is 23.7 Å². The normalized spacial score (nSPS) is 14.9. The molecule has 0 fully saturated rings. The molecule has 8 heteroatoms. The van der Waals surface area contributed by atoms with Crippen LogP contribution >= 0.6 is 34.3 Å². The highest BCUT2D eigenvalue weighted by molar-refractivity contribution is 7.16. The molecule has 0 bridgehead atoms. The Bertz CT molecular complexity index is 1180. The lowest BCUT2D eigenvalue weighted by atomic mass is 9.94. The van der Waals surface area contributed by atoms with Crippen LogP contribution < -0.4 is 16.0 Å². The number of urea groups is 1. The minimum atomic E-state index is -0.225. The van der Waals surface area contributed by atoms with Gasteiger partial charge in [0.1, 0.15) is 11.3 Å². The minimum absolute atomic E-state index is 0.225. The third-order valence-electron chi connectivity index (χ3n) is 6.37. The Kier molecular flexibility index (Phi) is 6.83. The third kappa shape index (κ3) is 4.73. The average Bonchev–Trinajstić information content (AvgIpc) is 3.37. The van der Waals surface area contributed by atoms with Crippen LogP contribution in [0.25, 0.3) is 10.4 Å². The van der Waals surface area contributed by atoms with Gasteiger partial charge in [0, 0.05) is 39.2 Å². The second-order valence-corrected chi connectivity index (χ2v) is 11.1. The first-order valence-corrected chi connectivity index (χ1v) is 13.4.